The fourth-order valence-corrected chi connectivity index (χ4v) is 3.17. The molecule has 0 saturated heterocycles. The largest absolute Gasteiger partial charge is 0.477 e. The van der Waals surface area contributed by atoms with Gasteiger partial charge in [-0.3, -0.25) is 0 Å². The minimum atomic E-state index is -1.00. The smallest absolute Gasteiger partial charge is 0.354 e. The summed E-state index contributed by atoms with van der Waals surface area (Å²) in [6.07, 6.45) is 4.79. The van der Waals surface area contributed by atoms with Gasteiger partial charge in [-0.05, 0) is 29.8 Å². The predicted molar refractivity (Wildman–Crippen MR) is 96.3 cm³/mol. The lowest BCUT2D eigenvalue weighted by molar-refractivity contribution is 0.0685. The summed E-state index contributed by atoms with van der Waals surface area (Å²) in [5.74, 6) is -1.00. The van der Waals surface area contributed by atoms with E-state index in [1.54, 1.807) is 10.6 Å². The molecule has 0 bridgehead atoms. The number of rotatable bonds is 4. The Balaban J connectivity index is 1.82. The summed E-state index contributed by atoms with van der Waals surface area (Å²) in [6, 6.07) is 17.5. The highest BCUT2D eigenvalue weighted by molar-refractivity contribution is 5.87. The summed E-state index contributed by atoms with van der Waals surface area (Å²) in [5.41, 5.74) is 3.50. The minimum Gasteiger partial charge on any atom is -0.477 e. The minimum absolute atomic E-state index is 0.149. The van der Waals surface area contributed by atoms with Gasteiger partial charge < -0.3 is 14.2 Å². The highest BCUT2D eigenvalue weighted by Crippen LogP contribution is 2.26. The molecule has 0 aliphatic rings. The third-order valence-electron chi connectivity index (χ3n) is 4.38. The molecule has 2 aromatic carbocycles. The van der Waals surface area contributed by atoms with Crippen molar-refractivity contribution in [1.29, 1.82) is 5.26 Å². The molecule has 26 heavy (non-hydrogen) atoms. The molecule has 126 valence electrons. The van der Waals surface area contributed by atoms with Crippen molar-refractivity contribution in [3.05, 3.63) is 84.1 Å². The topological polar surface area (TPSA) is 83.8 Å². The van der Waals surface area contributed by atoms with E-state index in [9.17, 15) is 15.2 Å². The molecule has 4 aromatic rings. The predicted octanol–water partition coefficient (Wildman–Crippen LogP) is 3.45. The van der Waals surface area contributed by atoms with Gasteiger partial charge in [-0.15, -0.1) is 0 Å². The second kappa shape index (κ2) is 6.22. The van der Waals surface area contributed by atoms with Crippen LogP contribution in [0.25, 0.3) is 16.6 Å². The number of aromatic carboxylic acids is 1. The Morgan fingerprint density at radius 1 is 1.15 bits per heavy atom. The van der Waals surface area contributed by atoms with Crippen molar-refractivity contribution in [3.63, 3.8) is 0 Å². The van der Waals surface area contributed by atoms with Crippen molar-refractivity contribution in [3.8, 4) is 11.8 Å². The standard InChI is InChI=1S/C20H14N4O2/c21-10-14-4-1-2-6-17(14)24-9-8-16-15(5-3-7-18(16)24)12-23-13-22-11-19(23)20(25)26/h1-9,11,13H,12H2,(H,25,26). The third kappa shape index (κ3) is 2.52. The van der Waals surface area contributed by atoms with Crippen LogP contribution in [0.3, 0.4) is 0 Å². The van der Waals surface area contributed by atoms with Crippen LogP contribution in [0.4, 0.5) is 0 Å². The molecular weight excluding hydrogens is 328 g/mol. The third-order valence-corrected chi connectivity index (χ3v) is 4.38. The van der Waals surface area contributed by atoms with E-state index < -0.39 is 5.97 Å². The molecule has 2 aromatic heterocycles. The van der Waals surface area contributed by atoms with Gasteiger partial charge in [0, 0.05) is 18.1 Å². The quantitative estimate of drug-likeness (QED) is 0.616. The van der Waals surface area contributed by atoms with E-state index in [0.717, 1.165) is 22.2 Å². The molecule has 1 N–H and O–H groups in total. The van der Waals surface area contributed by atoms with Crippen molar-refractivity contribution in [1.82, 2.24) is 14.1 Å². The summed E-state index contributed by atoms with van der Waals surface area (Å²) in [6.45, 7) is 0.406. The van der Waals surface area contributed by atoms with Crippen LogP contribution in [0.5, 0.6) is 0 Å². The van der Waals surface area contributed by atoms with Gasteiger partial charge in [0.1, 0.15) is 11.8 Å². The fraction of sp³-hybridized carbons (Fsp3) is 0.0500. The number of hydrogen-bond donors (Lipinski definition) is 1. The van der Waals surface area contributed by atoms with Gasteiger partial charge in [0.25, 0.3) is 0 Å². The Bertz CT molecular complexity index is 1160. The van der Waals surface area contributed by atoms with E-state index in [1.165, 1.54) is 12.5 Å². The molecule has 0 saturated carbocycles. The van der Waals surface area contributed by atoms with Gasteiger partial charge >= 0.3 is 5.97 Å². The zero-order valence-corrected chi connectivity index (χ0v) is 13.7. The Morgan fingerprint density at radius 2 is 2.00 bits per heavy atom. The van der Waals surface area contributed by atoms with Gasteiger partial charge in [-0.25, -0.2) is 9.78 Å². The number of hydrogen-bond acceptors (Lipinski definition) is 3. The molecule has 2 heterocycles. The summed E-state index contributed by atoms with van der Waals surface area (Å²) in [4.78, 5) is 15.2. The molecule has 4 rings (SSSR count). The Morgan fingerprint density at radius 3 is 2.81 bits per heavy atom. The molecule has 0 aliphatic heterocycles. The first kappa shape index (κ1) is 15.7. The van der Waals surface area contributed by atoms with E-state index in [0.29, 0.717) is 12.1 Å². The Labute approximate surface area is 149 Å². The molecule has 0 aliphatic carbocycles. The van der Waals surface area contributed by atoms with Crippen molar-refractivity contribution in [2.24, 2.45) is 0 Å². The zero-order valence-electron chi connectivity index (χ0n) is 13.7. The molecule has 0 spiro atoms. The number of nitriles is 1. The van der Waals surface area contributed by atoms with Crippen molar-refractivity contribution in [2.75, 3.05) is 0 Å². The van der Waals surface area contributed by atoms with E-state index in [4.69, 9.17) is 0 Å². The second-order valence-corrected chi connectivity index (χ2v) is 5.88. The summed E-state index contributed by atoms with van der Waals surface area (Å²) in [7, 11) is 0. The first-order valence-corrected chi connectivity index (χ1v) is 8.01. The highest BCUT2D eigenvalue weighted by Gasteiger charge is 2.13. The molecule has 0 fully saturated rings. The lowest BCUT2D eigenvalue weighted by Crippen LogP contribution is -2.08. The van der Waals surface area contributed by atoms with Gasteiger partial charge in [0.15, 0.2) is 0 Å². The second-order valence-electron chi connectivity index (χ2n) is 5.88. The molecule has 0 amide bonds. The van der Waals surface area contributed by atoms with Crippen molar-refractivity contribution < 1.29 is 9.90 Å². The number of carboxylic acid groups (broad SMARTS) is 1. The lowest BCUT2D eigenvalue weighted by atomic mass is 10.1. The molecule has 0 atom stereocenters. The summed E-state index contributed by atoms with van der Waals surface area (Å²) >= 11 is 0. The number of para-hydroxylation sites is 1. The number of benzene rings is 2. The number of carbonyl (C=O) groups is 1. The number of aromatic nitrogens is 3. The summed E-state index contributed by atoms with van der Waals surface area (Å²) in [5, 5.41) is 19.6. The molecule has 6 nitrogen and oxygen atoms in total. The van der Waals surface area contributed by atoms with Crippen LogP contribution in [-0.4, -0.2) is 25.2 Å². The number of carboxylic acids is 1. The van der Waals surface area contributed by atoms with Gasteiger partial charge in [0.05, 0.1) is 29.3 Å². The van der Waals surface area contributed by atoms with Crippen LogP contribution in [0.15, 0.2) is 67.3 Å². The van der Waals surface area contributed by atoms with Gasteiger partial charge in [-0.1, -0.05) is 24.3 Å². The highest BCUT2D eigenvalue weighted by atomic mass is 16.4. The fourth-order valence-electron chi connectivity index (χ4n) is 3.17. The zero-order chi connectivity index (χ0) is 18.1. The normalized spacial score (nSPS) is 10.7. The number of nitrogens with zero attached hydrogens (tertiary/aromatic N) is 4. The first-order chi connectivity index (χ1) is 12.7. The SMILES string of the molecule is N#Cc1ccccc1-n1ccc2c(Cn3cncc3C(=O)O)cccc21. The average Bonchev–Trinajstić information content (AvgIpc) is 3.29. The average molecular weight is 342 g/mol. The maximum Gasteiger partial charge on any atom is 0.354 e. The van der Waals surface area contributed by atoms with Crippen LogP contribution in [0.2, 0.25) is 0 Å². The van der Waals surface area contributed by atoms with Gasteiger partial charge in [-0.2, -0.15) is 5.26 Å². The van der Waals surface area contributed by atoms with Crippen LogP contribution in [0.1, 0.15) is 21.6 Å². The van der Waals surface area contributed by atoms with Crippen LogP contribution >= 0.6 is 0 Å². The Hall–Kier alpha value is -3.85. The molecular formula is C20H14N4O2. The lowest BCUT2D eigenvalue weighted by Gasteiger charge is -2.10. The van der Waals surface area contributed by atoms with Gasteiger partial charge in [0.2, 0.25) is 0 Å². The molecule has 0 radical (unpaired) electrons. The monoisotopic (exact) mass is 342 g/mol. The Kier molecular flexibility index (Phi) is 3.75. The van der Waals surface area contributed by atoms with Crippen LogP contribution in [0, 0.1) is 11.3 Å². The molecule has 6 heteroatoms. The van der Waals surface area contributed by atoms with E-state index in [2.05, 4.69) is 11.1 Å². The maximum atomic E-state index is 11.3. The first-order valence-electron chi connectivity index (χ1n) is 8.01. The summed E-state index contributed by atoms with van der Waals surface area (Å²) < 4.78 is 3.58. The van der Waals surface area contributed by atoms with E-state index in [1.807, 2.05) is 53.2 Å². The number of imidazole rings is 1. The van der Waals surface area contributed by atoms with Crippen LogP contribution < -0.4 is 0 Å². The molecule has 0 unspecified atom stereocenters. The maximum absolute atomic E-state index is 11.3. The number of fused-ring (bicyclic) bond motifs is 1. The van der Waals surface area contributed by atoms with Crippen molar-refractivity contribution >= 4 is 16.9 Å². The van der Waals surface area contributed by atoms with Crippen LogP contribution in [-0.2, 0) is 6.54 Å². The van der Waals surface area contributed by atoms with E-state index in [-0.39, 0.29) is 5.69 Å². The van der Waals surface area contributed by atoms with E-state index >= 15 is 0 Å². The van der Waals surface area contributed by atoms with Crippen molar-refractivity contribution in [2.45, 2.75) is 6.54 Å².